The fourth-order valence-corrected chi connectivity index (χ4v) is 1.25. The van der Waals surface area contributed by atoms with Crippen LogP contribution < -0.4 is 11.1 Å². The molecule has 5 heteroatoms. The first-order valence-corrected chi connectivity index (χ1v) is 3.98. The third kappa shape index (κ3) is 3.17. The van der Waals surface area contributed by atoms with Crippen molar-refractivity contribution in [1.29, 1.82) is 0 Å². The van der Waals surface area contributed by atoms with E-state index in [-0.39, 0.29) is 18.8 Å². The number of hydrogen-bond acceptors (Lipinski definition) is 4. The van der Waals surface area contributed by atoms with Crippen molar-refractivity contribution in [2.75, 3.05) is 19.7 Å². The van der Waals surface area contributed by atoms with Crippen molar-refractivity contribution in [2.45, 2.75) is 18.6 Å². The van der Waals surface area contributed by atoms with Crippen LogP contribution in [0.3, 0.4) is 0 Å². The number of aliphatic carboxylic acids is 1. The molecule has 12 heavy (non-hydrogen) atoms. The molecule has 0 aliphatic carbocycles. The van der Waals surface area contributed by atoms with Crippen LogP contribution in [0.5, 0.6) is 0 Å². The lowest BCUT2D eigenvalue weighted by Crippen LogP contribution is -2.47. The van der Waals surface area contributed by atoms with Crippen molar-refractivity contribution >= 4 is 5.97 Å². The Labute approximate surface area is 70.9 Å². The minimum absolute atomic E-state index is 0.0511. The number of hydrogen-bond donors (Lipinski definition) is 3. The Morgan fingerprint density at radius 3 is 3.00 bits per heavy atom. The molecule has 2 atom stereocenters. The minimum atomic E-state index is -0.936. The third-order valence-electron chi connectivity index (χ3n) is 1.79. The van der Waals surface area contributed by atoms with Crippen LogP contribution in [-0.4, -0.2) is 42.9 Å². The fraction of sp³-hybridized carbons (Fsp3) is 0.857. The second-order valence-corrected chi connectivity index (χ2v) is 2.98. The van der Waals surface area contributed by atoms with Crippen molar-refractivity contribution in [3.05, 3.63) is 0 Å². The SMILES string of the molecule is NC1CNCC(OCC(=O)O)C1. The largest absolute Gasteiger partial charge is 0.480 e. The number of carboxylic acids is 1. The monoisotopic (exact) mass is 174 g/mol. The van der Waals surface area contributed by atoms with Crippen LogP contribution in [0, 0.1) is 0 Å². The fourth-order valence-electron chi connectivity index (χ4n) is 1.25. The van der Waals surface area contributed by atoms with Crippen LogP contribution in [0.25, 0.3) is 0 Å². The smallest absolute Gasteiger partial charge is 0.329 e. The molecule has 1 rings (SSSR count). The number of nitrogens with one attached hydrogen (secondary N) is 1. The zero-order valence-corrected chi connectivity index (χ0v) is 6.82. The Balaban J connectivity index is 2.18. The van der Waals surface area contributed by atoms with Crippen LogP contribution in [-0.2, 0) is 9.53 Å². The summed E-state index contributed by atoms with van der Waals surface area (Å²) in [6.45, 7) is 1.24. The van der Waals surface area contributed by atoms with Crippen molar-refractivity contribution in [3.63, 3.8) is 0 Å². The highest BCUT2D eigenvalue weighted by Gasteiger charge is 2.19. The standard InChI is InChI=1S/C7H14N2O3/c8-5-1-6(3-9-2-5)12-4-7(10)11/h5-6,9H,1-4,8H2,(H,10,11). The molecule has 70 valence electrons. The topological polar surface area (TPSA) is 84.6 Å². The molecule has 0 aromatic heterocycles. The molecule has 2 unspecified atom stereocenters. The first-order valence-electron chi connectivity index (χ1n) is 3.98. The van der Waals surface area contributed by atoms with Crippen molar-refractivity contribution < 1.29 is 14.6 Å². The molecule has 0 aromatic carbocycles. The van der Waals surface area contributed by atoms with E-state index in [4.69, 9.17) is 15.6 Å². The normalized spacial score (nSPS) is 30.1. The Bertz CT molecular complexity index is 163. The van der Waals surface area contributed by atoms with Gasteiger partial charge in [-0.1, -0.05) is 0 Å². The molecule has 0 radical (unpaired) electrons. The van der Waals surface area contributed by atoms with E-state index in [9.17, 15) is 4.79 Å². The summed E-state index contributed by atoms with van der Waals surface area (Å²) in [5, 5.41) is 11.4. The molecule has 0 spiro atoms. The van der Waals surface area contributed by atoms with Gasteiger partial charge in [0, 0.05) is 19.1 Å². The summed E-state index contributed by atoms with van der Waals surface area (Å²) in [5.41, 5.74) is 5.64. The van der Waals surface area contributed by atoms with Gasteiger partial charge in [0.25, 0.3) is 0 Å². The van der Waals surface area contributed by atoms with Crippen molar-refractivity contribution in [1.82, 2.24) is 5.32 Å². The molecular formula is C7H14N2O3. The molecule has 1 fully saturated rings. The molecule has 0 amide bonds. The number of nitrogens with two attached hydrogens (primary N) is 1. The van der Waals surface area contributed by atoms with Gasteiger partial charge in [-0.15, -0.1) is 0 Å². The molecular weight excluding hydrogens is 160 g/mol. The highest BCUT2D eigenvalue weighted by atomic mass is 16.5. The van der Waals surface area contributed by atoms with Gasteiger partial charge in [0.05, 0.1) is 6.10 Å². The summed E-state index contributed by atoms with van der Waals surface area (Å²) in [4.78, 5) is 10.1. The zero-order chi connectivity index (χ0) is 8.97. The lowest BCUT2D eigenvalue weighted by molar-refractivity contribution is -0.144. The number of carbonyl (C=O) groups is 1. The Morgan fingerprint density at radius 2 is 2.42 bits per heavy atom. The first kappa shape index (κ1) is 9.44. The van der Waals surface area contributed by atoms with Crippen LogP contribution in [0.4, 0.5) is 0 Å². The molecule has 1 saturated heterocycles. The summed E-state index contributed by atoms with van der Waals surface area (Å²) < 4.78 is 5.07. The highest BCUT2D eigenvalue weighted by Crippen LogP contribution is 2.04. The van der Waals surface area contributed by atoms with Gasteiger partial charge in [0.15, 0.2) is 0 Å². The maximum atomic E-state index is 10.1. The number of carboxylic acid groups (broad SMARTS) is 1. The Kier molecular flexibility index (Phi) is 3.46. The second-order valence-electron chi connectivity index (χ2n) is 2.98. The molecule has 1 aliphatic heterocycles. The molecule has 1 heterocycles. The summed E-state index contributed by atoms with van der Waals surface area (Å²) in [5.74, 6) is -0.936. The maximum Gasteiger partial charge on any atom is 0.329 e. The summed E-state index contributed by atoms with van der Waals surface area (Å²) in [7, 11) is 0. The molecule has 0 saturated carbocycles. The average molecular weight is 174 g/mol. The van der Waals surface area contributed by atoms with Gasteiger partial charge < -0.3 is 20.9 Å². The van der Waals surface area contributed by atoms with Gasteiger partial charge in [-0.25, -0.2) is 4.79 Å². The molecule has 1 aliphatic rings. The average Bonchev–Trinajstić information content (AvgIpc) is 2.01. The number of ether oxygens (including phenoxy) is 1. The zero-order valence-electron chi connectivity index (χ0n) is 6.82. The number of piperidine rings is 1. The first-order chi connectivity index (χ1) is 5.68. The molecule has 4 N–H and O–H groups in total. The van der Waals surface area contributed by atoms with Gasteiger partial charge in [-0.05, 0) is 6.42 Å². The third-order valence-corrected chi connectivity index (χ3v) is 1.79. The van der Waals surface area contributed by atoms with E-state index in [1.165, 1.54) is 0 Å². The predicted molar refractivity (Wildman–Crippen MR) is 42.8 cm³/mol. The van der Waals surface area contributed by atoms with E-state index in [0.717, 1.165) is 13.0 Å². The summed E-state index contributed by atoms with van der Waals surface area (Å²) in [6.07, 6.45) is 0.685. The van der Waals surface area contributed by atoms with Crippen LogP contribution in [0.1, 0.15) is 6.42 Å². The Hall–Kier alpha value is -0.650. The number of rotatable bonds is 3. The quantitative estimate of drug-likeness (QED) is 0.499. The maximum absolute atomic E-state index is 10.1. The predicted octanol–water partition coefficient (Wildman–Crippen LogP) is -1.22. The molecule has 0 aromatic rings. The molecule has 0 bridgehead atoms. The van der Waals surface area contributed by atoms with Crippen molar-refractivity contribution in [3.8, 4) is 0 Å². The van der Waals surface area contributed by atoms with Crippen LogP contribution in [0.2, 0.25) is 0 Å². The van der Waals surface area contributed by atoms with Crippen LogP contribution in [0.15, 0.2) is 0 Å². The van der Waals surface area contributed by atoms with E-state index in [2.05, 4.69) is 5.32 Å². The van der Waals surface area contributed by atoms with E-state index < -0.39 is 5.97 Å². The van der Waals surface area contributed by atoms with E-state index in [1.807, 2.05) is 0 Å². The minimum Gasteiger partial charge on any atom is -0.480 e. The Morgan fingerprint density at radius 1 is 1.67 bits per heavy atom. The molecule has 5 nitrogen and oxygen atoms in total. The lowest BCUT2D eigenvalue weighted by Gasteiger charge is -2.26. The van der Waals surface area contributed by atoms with E-state index in [1.54, 1.807) is 0 Å². The van der Waals surface area contributed by atoms with Gasteiger partial charge in [0.1, 0.15) is 6.61 Å². The van der Waals surface area contributed by atoms with E-state index in [0.29, 0.717) is 6.54 Å². The van der Waals surface area contributed by atoms with Crippen LogP contribution >= 0.6 is 0 Å². The highest BCUT2D eigenvalue weighted by molar-refractivity contribution is 5.68. The summed E-state index contributed by atoms with van der Waals surface area (Å²) in [6, 6.07) is 0.0811. The van der Waals surface area contributed by atoms with Gasteiger partial charge in [-0.3, -0.25) is 0 Å². The van der Waals surface area contributed by atoms with Crippen molar-refractivity contribution in [2.24, 2.45) is 5.73 Å². The van der Waals surface area contributed by atoms with E-state index >= 15 is 0 Å². The lowest BCUT2D eigenvalue weighted by atomic mass is 10.1. The van der Waals surface area contributed by atoms with Gasteiger partial charge in [-0.2, -0.15) is 0 Å². The summed E-state index contributed by atoms with van der Waals surface area (Å²) >= 11 is 0. The van der Waals surface area contributed by atoms with Gasteiger partial charge >= 0.3 is 5.97 Å². The second kappa shape index (κ2) is 4.39. The van der Waals surface area contributed by atoms with Gasteiger partial charge in [0.2, 0.25) is 0 Å².